The maximum absolute atomic E-state index is 12.9. The fourth-order valence-corrected chi connectivity index (χ4v) is 3.75. The predicted molar refractivity (Wildman–Crippen MR) is 106 cm³/mol. The Bertz CT molecular complexity index is 1030. The monoisotopic (exact) mass is 404 g/mol. The van der Waals surface area contributed by atoms with Crippen LogP contribution < -0.4 is 5.32 Å². The molecular weight excluding hydrogens is 391 g/mol. The molecule has 0 bridgehead atoms. The van der Waals surface area contributed by atoms with E-state index in [9.17, 15) is 10.1 Å². The van der Waals surface area contributed by atoms with Crippen LogP contribution in [0.5, 0.6) is 0 Å². The molecule has 0 saturated carbocycles. The zero-order valence-electron chi connectivity index (χ0n) is 13.8. The van der Waals surface area contributed by atoms with Crippen molar-refractivity contribution in [2.75, 3.05) is 5.32 Å². The molecule has 0 unspecified atom stereocenters. The van der Waals surface area contributed by atoms with Gasteiger partial charge in [0.05, 0.1) is 16.9 Å². The van der Waals surface area contributed by atoms with Crippen LogP contribution in [0.2, 0.25) is 6.32 Å². The maximum atomic E-state index is 12.9. The number of halogens is 1. The highest BCUT2D eigenvalue weighted by atomic mass is 79.9. The fourth-order valence-electron chi connectivity index (χ4n) is 3.30. The minimum atomic E-state index is -0.594. The van der Waals surface area contributed by atoms with Crippen LogP contribution in [0.15, 0.2) is 53.3 Å². The second-order valence-corrected chi connectivity index (χ2v) is 7.01. The number of pyridine rings is 1. The molecule has 0 saturated heterocycles. The topological polar surface area (TPSA) is 81.6 Å². The molecule has 0 radical (unpaired) electrons. The number of aryl methyl sites for hydroxylation is 1. The van der Waals surface area contributed by atoms with Gasteiger partial charge in [-0.1, -0.05) is 18.2 Å². The zero-order valence-corrected chi connectivity index (χ0v) is 15.4. The second-order valence-electron chi connectivity index (χ2n) is 6.16. The molecule has 4 rings (SSSR count). The van der Waals surface area contributed by atoms with Crippen LogP contribution in [-0.2, 0) is 6.42 Å². The molecule has 3 heterocycles. The van der Waals surface area contributed by atoms with E-state index >= 15 is 0 Å². The molecular formula is C19H14BBrN4O. The number of nitrogens with one attached hydrogen (secondary N) is 2. The number of para-hydroxylation sites is 1. The average Bonchev–Trinajstić information content (AvgIpc) is 3.02. The number of H-pyrrole nitrogens is 1. The summed E-state index contributed by atoms with van der Waals surface area (Å²) in [5.41, 5.74) is 4.66. The highest BCUT2D eigenvalue weighted by molar-refractivity contribution is 9.10. The van der Waals surface area contributed by atoms with Crippen LogP contribution in [0.3, 0.4) is 0 Å². The van der Waals surface area contributed by atoms with Crippen molar-refractivity contribution >= 4 is 39.7 Å². The molecule has 1 aliphatic heterocycles. The van der Waals surface area contributed by atoms with Crippen molar-refractivity contribution in [3.63, 3.8) is 0 Å². The van der Waals surface area contributed by atoms with E-state index in [1.165, 1.54) is 0 Å². The van der Waals surface area contributed by atoms with Gasteiger partial charge >= 0.3 is 6.71 Å². The molecule has 0 fully saturated rings. The number of carbonyl (C=O) groups excluding carboxylic acids is 1. The van der Waals surface area contributed by atoms with Crippen molar-refractivity contribution in [3.05, 3.63) is 64.5 Å². The predicted octanol–water partition coefficient (Wildman–Crippen LogP) is 4.42. The fraction of sp³-hybridized carbons (Fsp3) is 0.105. The molecule has 3 aromatic rings. The lowest BCUT2D eigenvalue weighted by Crippen LogP contribution is -2.30. The number of aromatic nitrogens is 2. The Morgan fingerprint density at radius 2 is 2.08 bits per heavy atom. The van der Waals surface area contributed by atoms with Crippen molar-refractivity contribution in [2.45, 2.75) is 12.7 Å². The van der Waals surface area contributed by atoms with Gasteiger partial charge in [-0.25, -0.2) is 5.26 Å². The van der Waals surface area contributed by atoms with E-state index < -0.39 is 6.71 Å². The third-order valence-corrected chi connectivity index (χ3v) is 5.20. The number of rotatable bonds is 3. The molecule has 0 spiro atoms. The molecule has 126 valence electrons. The van der Waals surface area contributed by atoms with E-state index in [0.29, 0.717) is 24.0 Å². The minimum absolute atomic E-state index is 0.125. The molecule has 0 aliphatic carbocycles. The summed E-state index contributed by atoms with van der Waals surface area (Å²) in [6.07, 6.45) is 4.66. The first-order valence-electron chi connectivity index (χ1n) is 8.29. The van der Waals surface area contributed by atoms with Crippen LogP contribution in [-0.4, -0.2) is 22.4 Å². The molecule has 1 aromatic carbocycles. The van der Waals surface area contributed by atoms with Gasteiger partial charge in [-0.15, -0.1) is 0 Å². The summed E-state index contributed by atoms with van der Waals surface area (Å²) < 4.78 is 0.832. The van der Waals surface area contributed by atoms with Crippen LogP contribution in [0.25, 0.3) is 11.3 Å². The molecule has 2 aromatic heterocycles. The van der Waals surface area contributed by atoms with Crippen LogP contribution >= 0.6 is 15.9 Å². The molecule has 7 heteroatoms. The number of hydrogen-bond acceptors (Lipinski definition) is 4. The average molecular weight is 405 g/mol. The van der Waals surface area contributed by atoms with Crippen molar-refractivity contribution in [1.29, 1.82) is 5.26 Å². The van der Waals surface area contributed by atoms with Crippen LogP contribution in [0, 0.1) is 11.2 Å². The van der Waals surface area contributed by atoms with Crippen LogP contribution in [0.4, 0.5) is 11.4 Å². The van der Waals surface area contributed by atoms with Gasteiger partial charge in [0.2, 0.25) is 0 Å². The summed E-state index contributed by atoms with van der Waals surface area (Å²) in [5.74, 6) is 2.14. The van der Waals surface area contributed by atoms with Crippen molar-refractivity contribution in [1.82, 2.24) is 9.97 Å². The van der Waals surface area contributed by atoms with Gasteiger partial charge in [0.1, 0.15) is 5.68 Å². The molecule has 1 aliphatic rings. The number of aromatic amines is 1. The van der Waals surface area contributed by atoms with Crippen molar-refractivity contribution in [3.8, 4) is 17.2 Å². The second kappa shape index (κ2) is 6.81. The first-order chi connectivity index (χ1) is 12.7. The van der Waals surface area contributed by atoms with Gasteiger partial charge in [0.25, 0.3) is 0 Å². The zero-order chi connectivity index (χ0) is 18.1. The molecule has 26 heavy (non-hydrogen) atoms. The third kappa shape index (κ3) is 2.82. The third-order valence-electron chi connectivity index (χ3n) is 4.56. The Morgan fingerprint density at radius 3 is 2.81 bits per heavy atom. The van der Waals surface area contributed by atoms with Gasteiger partial charge in [0.15, 0.2) is 0 Å². The van der Waals surface area contributed by atoms with E-state index in [-0.39, 0.29) is 5.68 Å². The molecule has 5 nitrogen and oxygen atoms in total. The van der Waals surface area contributed by atoms with Crippen LogP contribution in [0.1, 0.15) is 16.1 Å². The number of anilines is 2. The standard InChI is InChI=1S/C19H14BBrN4O/c21-14-10-23-9-7-13(14)17-18(24-12-4-2-1-3-5-12)16-15(25-17)6-8-20(11-22)19(16)26/h1-5,7,9-10,24-25H,6,8H2. The first kappa shape index (κ1) is 16.6. The number of benzene rings is 1. The summed E-state index contributed by atoms with van der Waals surface area (Å²) in [4.78, 5) is 20.4. The maximum Gasteiger partial charge on any atom is 0.351 e. The SMILES string of the molecule is N#CB1CCc2[nH]c(-c3ccncc3Br)c(Nc3ccccc3)c2C1=O. The van der Waals surface area contributed by atoms with Crippen molar-refractivity contribution in [2.24, 2.45) is 0 Å². The Labute approximate surface area is 159 Å². The largest absolute Gasteiger partial charge is 0.356 e. The number of fused-ring (bicyclic) bond motifs is 1. The number of hydrogen-bond donors (Lipinski definition) is 2. The van der Waals surface area contributed by atoms with Gasteiger partial charge < -0.3 is 15.1 Å². The number of nitrogens with zero attached hydrogens (tertiary/aromatic N) is 2. The highest BCUT2D eigenvalue weighted by Gasteiger charge is 2.36. The summed E-state index contributed by atoms with van der Waals surface area (Å²) in [5, 5.41) is 12.7. The number of carbonyl (C=O) groups is 1. The number of nitriles is 1. The molecule has 2 N–H and O–H groups in total. The highest BCUT2D eigenvalue weighted by Crippen LogP contribution is 2.40. The molecule has 0 atom stereocenters. The normalized spacial score (nSPS) is 13.2. The summed E-state index contributed by atoms with van der Waals surface area (Å²) in [6, 6.07) is 11.6. The Balaban J connectivity index is 1.91. The van der Waals surface area contributed by atoms with E-state index in [1.807, 2.05) is 36.4 Å². The lowest BCUT2D eigenvalue weighted by atomic mass is 9.41. The van der Waals surface area contributed by atoms with Crippen molar-refractivity contribution < 1.29 is 4.79 Å². The smallest absolute Gasteiger partial charge is 0.351 e. The van der Waals surface area contributed by atoms with E-state index in [4.69, 9.17) is 0 Å². The minimum Gasteiger partial charge on any atom is -0.356 e. The summed E-state index contributed by atoms with van der Waals surface area (Å²) >= 11 is 3.54. The Hall–Kier alpha value is -2.85. The van der Waals surface area contributed by atoms with Gasteiger partial charge in [-0.2, -0.15) is 0 Å². The van der Waals surface area contributed by atoms with Gasteiger partial charge in [-0.05, 0) is 46.9 Å². The first-order valence-corrected chi connectivity index (χ1v) is 9.09. The Morgan fingerprint density at radius 1 is 1.27 bits per heavy atom. The summed E-state index contributed by atoms with van der Waals surface area (Å²) in [6.45, 7) is -0.594. The van der Waals surface area contributed by atoms with Gasteiger partial charge in [-0.3, -0.25) is 4.98 Å². The quantitative estimate of drug-likeness (QED) is 0.633. The van der Waals surface area contributed by atoms with E-state index in [2.05, 4.69) is 37.2 Å². The van der Waals surface area contributed by atoms with E-state index in [1.54, 1.807) is 12.4 Å². The van der Waals surface area contributed by atoms with Gasteiger partial charge in [0, 0.05) is 39.8 Å². The molecule has 0 amide bonds. The lowest BCUT2D eigenvalue weighted by molar-refractivity contribution is 0.107. The summed E-state index contributed by atoms with van der Waals surface area (Å²) in [7, 11) is 0. The lowest BCUT2D eigenvalue weighted by Gasteiger charge is -2.15. The van der Waals surface area contributed by atoms with E-state index in [0.717, 1.165) is 27.1 Å². The Kier molecular flexibility index (Phi) is 4.35.